The van der Waals surface area contributed by atoms with Gasteiger partial charge in [0.25, 0.3) is 0 Å². The van der Waals surface area contributed by atoms with Crippen molar-refractivity contribution in [1.29, 1.82) is 0 Å². The minimum absolute atomic E-state index is 0.337. The zero-order valence-electron chi connectivity index (χ0n) is 22.5. The van der Waals surface area contributed by atoms with E-state index in [2.05, 4.69) is 34.6 Å². The molecule has 3 N–H and O–H groups in total. The van der Waals surface area contributed by atoms with Gasteiger partial charge in [-0.05, 0) is 19.3 Å². The van der Waals surface area contributed by atoms with E-state index in [0.717, 1.165) is 38.5 Å². The highest BCUT2D eigenvalue weighted by molar-refractivity contribution is 5.67. The maximum Gasteiger partial charge on any atom is 0.303 e. The normalized spacial score (nSPS) is 9.36. The standard InChI is InChI=1S/3C8H16O2.C3H8/c3*1-2-3-4-5-6-7-8(9)10;1-3-2/h3*2-7H2,1H3,(H,9,10);3H2,1-2H3. The molecule has 0 heterocycles. The van der Waals surface area contributed by atoms with Gasteiger partial charge in [0, 0.05) is 19.3 Å². The summed E-state index contributed by atoms with van der Waals surface area (Å²) in [7, 11) is 0. The van der Waals surface area contributed by atoms with E-state index in [9.17, 15) is 14.4 Å². The van der Waals surface area contributed by atoms with E-state index in [1.165, 1.54) is 64.2 Å². The molecule has 0 aliphatic carbocycles. The molecule has 0 aromatic carbocycles. The van der Waals surface area contributed by atoms with E-state index < -0.39 is 17.9 Å². The zero-order valence-corrected chi connectivity index (χ0v) is 22.5. The number of carboxylic acids is 3. The highest BCUT2D eigenvalue weighted by Gasteiger charge is 1.96. The fraction of sp³-hybridized carbons (Fsp3) is 0.889. The van der Waals surface area contributed by atoms with E-state index in [4.69, 9.17) is 15.3 Å². The van der Waals surface area contributed by atoms with Gasteiger partial charge in [-0.25, -0.2) is 0 Å². The van der Waals surface area contributed by atoms with Crippen molar-refractivity contribution in [2.75, 3.05) is 0 Å². The first-order chi connectivity index (χ1) is 15.7. The molecule has 200 valence electrons. The molecule has 6 heteroatoms. The molecule has 0 aromatic heterocycles. The molecule has 0 rings (SSSR count). The maximum absolute atomic E-state index is 10.0. The third-order valence-corrected chi connectivity index (χ3v) is 4.48. The smallest absolute Gasteiger partial charge is 0.303 e. The minimum atomic E-state index is -0.670. The Bertz CT molecular complexity index is 339. The molecule has 0 radical (unpaired) electrons. The highest BCUT2D eigenvalue weighted by atomic mass is 16.4. The minimum Gasteiger partial charge on any atom is -0.481 e. The number of aliphatic carboxylic acids is 3. The van der Waals surface area contributed by atoms with Gasteiger partial charge < -0.3 is 15.3 Å². The van der Waals surface area contributed by atoms with Crippen LogP contribution in [0.2, 0.25) is 0 Å². The quantitative estimate of drug-likeness (QED) is 0.170. The van der Waals surface area contributed by atoms with Crippen LogP contribution in [0, 0.1) is 0 Å². The fourth-order valence-corrected chi connectivity index (χ4v) is 2.64. The van der Waals surface area contributed by atoms with Gasteiger partial charge in [-0.2, -0.15) is 0 Å². The summed E-state index contributed by atoms with van der Waals surface area (Å²) in [5.41, 5.74) is 0. The lowest BCUT2D eigenvalue weighted by Gasteiger charge is -1.95. The number of hydrogen-bond acceptors (Lipinski definition) is 3. The van der Waals surface area contributed by atoms with Gasteiger partial charge in [0.05, 0.1) is 0 Å². The predicted molar refractivity (Wildman–Crippen MR) is 139 cm³/mol. The average molecular weight is 477 g/mol. The SMILES string of the molecule is CCC.CCCCCCCC(=O)O.CCCCCCCC(=O)O.CCCCCCCC(=O)O. The average Bonchev–Trinajstić information content (AvgIpc) is 2.74. The monoisotopic (exact) mass is 476 g/mol. The number of unbranched alkanes of at least 4 members (excludes halogenated alkanes) is 12. The Morgan fingerprint density at radius 3 is 0.727 bits per heavy atom. The molecular formula is C27H56O6. The van der Waals surface area contributed by atoms with Crippen LogP contribution in [0.1, 0.15) is 157 Å². The van der Waals surface area contributed by atoms with Gasteiger partial charge in [0.1, 0.15) is 0 Å². The van der Waals surface area contributed by atoms with E-state index in [1.54, 1.807) is 0 Å². The van der Waals surface area contributed by atoms with Crippen LogP contribution in [-0.2, 0) is 14.4 Å². The van der Waals surface area contributed by atoms with Gasteiger partial charge in [0.15, 0.2) is 0 Å². The van der Waals surface area contributed by atoms with Gasteiger partial charge >= 0.3 is 17.9 Å². The molecule has 0 saturated heterocycles. The van der Waals surface area contributed by atoms with Crippen molar-refractivity contribution in [3.63, 3.8) is 0 Å². The van der Waals surface area contributed by atoms with Crippen LogP contribution in [0.15, 0.2) is 0 Å². The summed E-state index contributed by atoms with van der Waals surface area (Å²) in [6, 6.07) is 0. The van der Waals surface area contributed by atoms with Crippen molar-refractivity contribution in [3.8, 4) is 0 Å². The summed E-state index contributed by atoms with van der Waals surface area (Å²) in [5.74, 6) is -2.01. The van der Waals surface area contributed by atoms with E-state index in [1.807, 2.05) is 0 Å². The molecule has 0 aliphatic heterocycles. The molecule has 0 atom stereocenters. The highest BCUT2D eigenvalue weighted by Crippen LogP contribution is 2.05. The summed E-state index contributed by atoms with van der Waals surface area (Å²) in [5, 5.41) is 24.8. The number of hydrogen-bond donors (Lipinski definition) is 3. The molecular weight excluding hydrogens is 420 g/mol. The molecule has 0 saturated carbocycles. The molecule has 0 amide bonds. The van der Waals surface area contributed by atoms with Crippen LogP contribution >= 0.6 is 0 Å². The van der Waals surface area contributed by atoms with E-state index >= 15 is 0 Å². The van der Waals surface area contributed by atoms with E-state index in [0.29, 0.717) is 19.3 Å². The first kappa shape index (κ1) is 38.7. The summed E-state index contributed by atoms with van der Waals surface area (Å²) in [4.78, 5) is 30.1. The summed E-state index contributed by atoms with van der Waals surface area (Å²) in [6.07, 6.45) is 18.9. The largest absolute Gasteiger partial charge is 0.481 e. The van der Waals surface area contributed by atoms with E-state index in [-0.39, 0.29) is 0 Å². The van der Waals surface area contributed by atoms with Crippen LogP contribution in [0.4, 0.5) is 0 Å². The molecule has 0 spiro atoms. The Kier molecular flexibility index (Phi) is 44.2. The summed E-state index contributed by atoms with van der Waals surface area (Å²) < 4.78 is 0. The zero-order chi connectivity index (χ0) is 26.2. The second kappa shape index (κ2) is 37.7. The van der Waals surface area contributed by atoms with Crippen molar-refractivity contribution in [1.82, 2.24) is 0 Å². The third-order valence-electron chi connectivity index (χ3n) is 4.48. The lowest BCUT2D eigenvalue weighted by atomic mass is 10.1. The van der Waals surface area contributed by atoms with Crippen LogP contribution in [0.5, 0.6) is 0 Å². The molecule has 0 aliphatic rings. The van der Waals surface area contributed by atoms with Crippen molar-refractivity contribution < 1.29 is 29.7 Å². The first-order valence-corrected chi connectivity index (χ1v) is 13.4. The van der Waals surface area contributed by atoms with Crippen molar-refractivity contribution >= 4 is 17.9 Å². The Morgan fingerprint density at radius 2 is 0.576 bits per heavy atom. The number of carbonyl (C=O) groups is 3. The number of rotatable bonds is 18. The van der Waals surface area contributed by atoms with Gasteiger partial charge in [0.2, 0.25) is 0 Å². The lowest BCUT2D eigenvalue weighted by molar-refractivity contribution is -0.138. The predicted octanol–water partition coefficient (Wildman–Crippen LogP) is 8.71. The van der Waals surface area contributed by atoms with Crippen LogP contribution in [-0.4, -0.2) is 33.2 Å². The van der Waals surface area contributed by atoms with Gasteiger partial charge in [-0.3, -0.25) is 14.4 Å². The van der Waals surface area contributed by atoms with Crippen LogP contribution in [0.25, 0.3) is 0 Å². The van der Waals surface area contributed by atoms with Gasteiger partial charge in [-0.15, -0.1) is 0 Å². The lowest BCUT2D eigenvalue weighted by Crippen LogP contribution is -1.93. The molecule has 6 nitrogen and oxygen atoms in total. The first-order valence-electron chi connectivity index (χ1n) is 13.4. The maximum atomic E-state index is 10.0. The summed E-state index contributed by atoms with van der Waals surface area (Å²) in [6.45, 7) is 10.7. The Hall–Kier alpha value is -1.59. The van der Waals surface area contributed by atoms with Crippen molar-refractivity contribution in [3.05, 3.63) is 0 Å². The Balaban J connectivity index is -0.000000180. The molecule has 0 fully saturated rings. The van der Waals surface area contributed by atoms with Crippen LogP contribution < -0.4 is 0 Å². The van der Waals surface area contributed by atoms with Crippen molar-refractivity contribution in [2.24, 2.45) is 0 Å². The Morgan fingerprint density at radius 1 is 0.394 bits per heavy atom. The molecule has 0 bridgehead atoms. The second-order valence-electron chi connectivity index (χ2n) is 8.38. The molecule has 0 aromatic rings. The topological polar surface area (TPSA) is 112 Å². The van der Waals surface area contributed by atoms with Gasteiger partial charge in [-0.1, -0.05) is 118 Å². The fourth-order valence-electron chi connectivity index (χ4n) is 2.64. The molecule has 33 heavy (non-hydrogen) atoms. The third kappa shape index (κ3) is 65.1. The second-order valence-corrected chi connectivity index (χ2v) is 8.38. The molecule has 0 unspecified atom stereocenters. The Labute approximate surface area is 204 Å². The number of carboxylic acid groups (broad SMARTS) is 3. The summed E-state index contributed by atoms with van der Waals surface area (Å²) >= 11 is 0. The van der Waals surface area contributed by atoms with Crippen LogP contribution in [0.3, 0.4) is 0 Å². The van der Waals surface area contributed by atoms with Crippen molar-refractivity contribution in [2.45, 2.75) is 157 Å².